The molecular weight excluding hydrogens is 210 g/mol. The van der Waals surface area contributed by atoms with E-state index in [1.165, 1.54) is 31.2 Å². The lowest BCUT2D eigenvalue weighted by molar-refractivity contribution is 0.477. The molecule has 0 N–H and O–H groups in total. The SMILES string of the molecule is C[Si](C)(C)n1ccc(CC2CC=CCC2)c1. The van der Waals surface area contributed by atoms with Crippen LogP contribution in [0.3, 0.4) is 0 Å². The topological polar surface area (TPSA) is 4.93 Å². The zero-order valence-corrected chi connectivity index (χ0v) is 11.7. The fourth-order valence-corrected chi connectivity index (χ4v) is 3.43. The van der Waals surface area contributed by atoms with Gasteiger partial charge in [-0.05, 0) is 55.6 Å². The highest BCUT2D eigenvalue weighted by Gasteiger charge is 2.17. The lowest BCUT2D eigenvalue weighted by Gasteiger charge is -2.19. The molecule has 1 aromatic rings. The quantitative estimate of drug-likeness (QED) is 0.548. The zero-order chi connectivity index (χ0) is 11.6. The Labute approximate surface area is 100 Å². The number of allylic oxidation sites excluding steroid dienone is 2. The molecule has 0 amide bonds. The van der Waals surface area contributed by atoms with Gasteiger partial charge in [-0.3, -0.25) is 0 Å². The molecule has 0 aliphatic heterocycles. The standard InChI is InChI=1S/C14H23NSi/c1-16(2,3)15-10-9-14(12-15)11-13-7-5-4-6-8-13/h4-5,9-10,12-13H,6-8,11H2,1-3H3. The molecule has 1 aromatic heterocycles. The van der Waals surface area contributed by atoms with Crippen molar-refractivity contribution < 1.29 is 0 Å². The molecule has 0 aromatic carbocycles. The van der Waals surface area contributed by atoms with Gasteiger partial charge in [0.15, 0.2) is 8.24 Å². The number of aromatic nitrogens is 1. The van der Waals surface area contributed by atoms with E-state index in [0.717, 1.165) is 5.92 Å². The third-order valence-corrected chi connectivity index (χ3v) is 5.26. The van der Waals surface area contributed by atoms with E-state index < -0.39 is 8.24 Å². The van der Waals surface area contributed by atoms with Gasteiger partial charge < -0.3 is 4.23 Å². The van der Waals surface area contributed by atoms with Crippen LogP contribution in [0.25, 0.3) is 0 Å². The van der Waals surface area contributed by atoms with Crippen molar-refractivity contribution in [1.82, 2.24) is 4.23 Å². The maximum absolute atomic E-state index is 2.46. The average molecular weight is 233 g/mol. The lowest BCUT2D eigenvalue weighted by Crippen LogP contribution is -2.30. The molecule has 0 radical (unpaired) electrons. The van der Waals surface area contributed by atoms with Crippen LogP contribution in [0.4, 0.5) is 0 Å². The van der Waals surface area contributed by atoms with Crippen LogP contribution in [0.15, 0.2) is 30.6 Å². The van der Waals surface area contributed by atoms with Crippen molar-refractivity contribution in [3.05, 3.63) is 36.2 Å². The minimum atomic E-state index is -1.18. The third kappa shape index (κ3) is 2.88. The minimum absolute atomic E-state index is 0.877. The van der Waals surface area contributed by atoms with E-state index in [2.05, 4.69) is 54.5 Å². The fourth-order valence-electron chi connectivity index (χ4n) is 2.35. The maximum Gasteiger partial charge on any atom is 0.152 e. The summed E-state index contributed by atoms with van der Waals surface area (Å²) in [4.78, 5) is 0. The number of hydrogen-bond donors (Lipinski definition) is 0. The summed E-state index contributed by atoms with van der Waals surface area (Å²) >= 11 is 0. The Hall–Kier alpha value is -0.763. The second kappa shape index (κ2) is 4.62. The number of nitrogens with zero attached hydrogens (tertiary/aromatic N) is 1. The van der Waals surface area contributed by atoms with Gasteiger partial charge in [-0.15, -0.1) is 0 Å². The van der Waals surface area contributed by atoms with Gasteiger partial charge in [0.05, 0.1) is 0 Å². The van der Waals surface area contributed by atoms with E-state index >= 15 is 0 Å². The first-order chi connectivity index (χ1) is 7.55. The second-order valence-electron chi connectivity index (χ2n) is 5.95. The van der Waals surface area contributed by atoms with E-state index in [0.29, 0.717) is 0 Å². The molecule has 88 valence electrons. The molecule has 0 spiro atoms. The van der Waals surface area contributed by atoms with Crippen LogP contribution in [0.1, 0.15) is 24.8 Å². The summed E-state index contributed by atoms with van der Waals surface area (Å²) in [5.74, 6) is 0.877. The highest BCUT2D eigenvalue weighted by molar-refractivity contribution is 6.74. The monoisotopic (exact) mass is 233 g/mol. The highest BCUT2D eigenvalue weighted by Crippen LogP contribution is 2.23. The molecule has 0 saturated heterocycles. The Bertz CT molecular complexity index is 370. The van der Waals surface area contributed by atoms with E-state index in [4.69, 9.17) is 0 Å². The predicted octanol–water partition coefficient (Wildman–Crippen LogP) is 4.07. The summed E-state index contributed by atoms with van der Waals surface area (Å²) in [6, 6.07) is 2.32. The predicted molar refractivity (Wildman–Crippen MR) is 73.4 cm³/mol. The van der Waals surface area contributed by atoms with Crippen molar-refractivity contribution >= 4 is 8.24 Å². The molecule has 1 unspecified atom stereocenters. The average Bonchev–Trinajstić information content (AvgIpc) is 2.67. The van der Waals surface area contributed by atoms with E-state index in [9.17, 15) is 0 Å². The van der Waals surface area contributed by atoms with E-state index in [-0.39, 0.29) is 0 Å². The van der Waals surface area contributed by atoms with Gasteiger partial charge in [-0.1, -0.05) is 31.8 Å². The molecule has 2 heteroatoms. The van der Waals surface area contributed by atoms with Crippen LogP contribution in [0.5, 0.6) is 0 Å². The van der Waals surface area contributed by atoms with Crippen LogP contribution in [-0.2, 0) is 6.42 Å². The van der Waals surface area contributed by atoms with Crippen molar-refractivity contribution in [2.45, 2.75) is 45.3 Å². The summed E-state index contributed by atoms with van der Waals surface area (Å²) in [5.41, 5.74) is 1.53. The first kappa shape index (κ1) is 11.7. The summed E-state index contributed by atoms with van der Waals surface area (Å²) in [6.45, 7) is 7.17. The van der Waals surface area contributed by atoms with Gasteiger partial charge in [-0.25, -0.2) is 0 Å². The summed E-state index contributed by atoms with van der Waals surface area (Å²) in [5, 5.41) is 0. The van der Waals surface area contributed by atoms with Crippen LogP contribution >= 0.6 is 0 Å². The summed E-state index contributed by atoms with van der Waals surface area (Å²) < 4.78 is 2.46. The third-order valence-electron chi connectivity index (χ3n) is 3.43. The van der Waals surface area contributed by atoms with E-state index in [1.54, 1.807) is 0 Å². The largest absolute Gasteiger partial charge is 0.381 e. The minimum Gasteiger partial charge on any atom is -0.381 e. The van der Waals surface area contributed by atoms with Gasteiger partial charge in [0.25, 0.3) is 0 Å². The Morgan fingerprint density at radius 3 is 2.69 bits per heavy atom. The van der Waals surface area contributed by atoms with Gasteiger partial charge >= 0.3 is 0 Å². The van der Waals surface area contributed by atoms with Crippen LogP contribution in [0, 0.1) is 5.92 Å². The van der Waals surface area contributed by atoms with E-state index in [1.807, 2.05) is 0 Å². The van der Waals surface area contributed by atoms with Crippen LogP contribution < -0.4 is 0 Å². The zero-order valence-electron chi connectivity index (χ0n) is 10.7. The van der Waals surface area contributed by atoms with Gasteiger partial charge in [0.2, 0.25) is 0 Å². The first-order valence-electron chi connectivity index (χ1n) is 6.38. The van der Waals surface area contributed by atoms with Crippen molar-refractivity contribution in [2.75, 3.05) is 0 Å². The van der Waals surface area contributed by atoms with Crippen LogP contribution in [0.2, 0.25) is 19.6 Å². The molecule has 0 saturated carbocycles. The molecule has 1 atom stereocenters. The number of rotatable bonds is 3. The van der Waals surface area contributed by atoms with Gasteiger partial charge in [0.1, 0.15) is 0 Å². The Balaban J connectivity index is 2.00. The summed E-state index contributed by atoms with van der Waals surface area (Å²) in [7, 11) is -1.18. The smallest absolute Gasteiger partial charge is 0.152 e. The normalized spacial score (nSPS) is 21.3. The molecular formula is C14H23NSi. The molecule has 0 bridgehead atoms. The van der Waals surface area contributed by atoms with Gasteiger partial charge in [0, 0.05) is 0 Å². The second-order valence-corrected chi connectivity index (χ2v) is 10.8. The molecule has 2 rings (SSSR count). The van der Waals surface area contributed by atoms with Gasteiger partial charge in [-0.2, -0.15) is 0 Å². The molecule has 16 heavy (non-hydrogen) atoms. The van der Waals surface area contributed by atoms with Crippen molar-refractivity contribution in [3.8, 4) is 0 Å². The fraction of sp³-hybridized carbons (Fsp3) is 0.571. The maximum atomic E-state index is 2.46. The summed E-state index contributed by atoms with van der Waals surface area (Å²) in [6.07, 6.45) is 14.5. The Morgan fingerprint density at radius 2 is 2.12 bits per heavy atom. The molecule has 0 fully saturated rings. The molecule has 1 aliphatic rings. The Morgan fingerprint density at radius 1 is 1.31 bits per heavy atom. The lowest BCUT2D eigenvalue weighted by atomic mass is 9.89. The van der Waals surface area contributed by atoms with Crippen molar-refractivity contribution in [2.24, 2.45) is 5.92 Å². The highest BCUT2D eigenvalue weighted by atomic mass is 28.3. The number of hydrogen-bond acceptors (Lipinski definition) is 0. The Kier molecular flexibility index (Phi) is 3.38. The van der Waals surface area contributed by atoms with Crippen molar-refractivity contribution in [3.63, 3.8) is 0 Å². The molecule has 1 nitrogen and oxygen atoms in total. The first-order valence-corrected chi connectivity index (χ1v) is 9.83. The van der Waals surface area contributed by atoms with Crippen LogP contribution in [-0.4, -0.2) is 12.5 Å². The van der Waals surface area contributed by atoms with Crippen molar-refractivity contribution in [1.29, 1.82) is 0 Å². The molecule has 1 heterocycles. The molecule has 1 aliphatic carbocycles.